The summed E-state index contributed by atoms with van der Waals surface area (Å²) in [5.74, 6) is 0. The van der Waals surface area contributed by atoms with E-state index in [0.29, 0.717) is 9.90 Å². The first-order chi connectivity index (χ1) is 9.89. The molecule has 0 aliphatic carbocycles. The van der Waals surface area contributed by atoms with Crippen LogP contribution in [0.5, 0.6) is 0 Å². The van der Waals surface area contributed by atoms with E-state index in [1.807, 2.05) is 6.07 Å². The van der Waals surface area contributed by atoms with Crippen molar-refractivity contribution in [2.75, 3.05) is 7.05 Å². The van der Waals surface area contributed by atoms with Gasteiger partial charge in [-0.25, -0.2) is 8.42 Å². The fourth-order valence-corrected chi connectivity index (χ4v) is 4.95. The molecule has 0 bridgehead atoms. The van der Waals surface area contributed by atoms with E-state index in [4.69, 9.17) is 11.6 Å². The summed E-state index contributed by atoms with van der Waals surface area (Å²) in [5.41, 5.74) is 0.742. The summed E-state index contributed by atoms with van der Waals surface area (Å²) in [4.78, 5) is 0.588. The van der Waals surface area contributed by atoms with Crippen molar-refractivity contribution in [2.45, 2.75) is 24.5 Å². The molecule has 1 N–H and O–H groups in total. The van der Waals surface area contributed by atoms with Gasteiger partial charge in [-0.05, 0) is 30.0 Å². The summed E-state index contributed by atoms with van der Waals surface area (Å²) in [7, 11) is -2.16. The Labute approximate surface area is 133 Å². The molecule has 7 heteroatoms. The van der Waals surface area contributed by atoms with Crippen molar-refractivity contribution in [3.8, 4) is 0 Å². The number of hydrogen-bond donors (Lipinski definition) is 1. The Morgan fingerprint density at radius 1 is 1.33 bits per heavy atom. The van der Waals surface area contributed by atoms with Gasteiger partial charge < -0.3 is 5.11 Å². The van der Waals surface area contributed by atoms with Crippen LogP contribution in [0.2, 0.25) is 5.02 Å². The average molecular weight is 346 g/mol. The molecule has 114 valence electrons. The van der Waals surface area contributed by atoms with Crippen LogP contribution in [0.3, 0.4) is 0 Å². The normalized spacial score (nSPS) is 13.6. The molecular weight excluding hydrogens is 330 g/mol. The molecule has 0 aliphatic heterocycles. The molecule has 4 nitrogen and oxygen atoms in total. The van der Waals surface area contributed by atoms with Gasteiger partial charge >= 0.3 is 0 Å². The van der Waals surface area contributed by atoms with Crippen molar-refractivity contribution in [3.05, 3.63) is 51.2 Å². The van der Waals surface area contributed by atoms with Crippen LogP contribution in [0.1, 0.15) is 23.4 Å². The number of sulfonamides is 1. The van der Waals surface area contributed by atoms with Crippen LogP contribution in [-0.2, 0) is 16.6 Å². The number of aliphatic hydroxyl groups is 1. The minimum absolute atomic E-state index is 0.149. The predicted octanol–water partition coefficient (Wildman–Crippen LogP) is 3.28. The van der Waals surface area contributed by atoms with Gasteiger partial charge in [0.2, 0.25) is 10.0 Å². The molecule has 1 atom stereocenters. The Morgan fingerprint density at radius 3 is 2.62 bits per heavy atom. The van der Waals surface area contributed by atoms with Gasteiger partial charge in [-0.15, -0.1) is 11.3 Å². The second-order valence-corrected chi connectivity index (χ2v) is 7.96. The summed E-state index contributed by atoms with van der Waals surface area (Å²) < 4.78 is 26.6. The number of nitrogens with zero attached hydrogens (tertiary/aromatic N) is 1. The zero-order valence-corrected chi connectivity index (χ0v) is 14.0. The fraction of sp³-hybridized carbons (Fsp3) is 0.286. The van der Waals surface area contributed by atoms with Crippen LogP contribution in [0.4, 0.5) is 0 Å². The molecule has 1 aromatic carbocycles. The molecule has 1 unspecified atom stereocenters. The van der Waals surface area contributed by atoms with E-state index in [9.17, 15) is 13.5 Å². The third kappa shape index (κ3) is 3.14. The van der Waals surface area contributed by atoms with E-state index in [1.54, 1.807) is 30.5 Å². The standard InChI is InChI=1S/C14H16ClNO3S2/c1-10(11-5-3-4-6-12(11)15)16(2)21(18,19)14-7-8-20-13(14)9-17/h3-8,10,17H,9H2,1-2H3. The molecule has 0 radical (unpaired) electrons. The summed E-state index contributed by atoms with van der Waals surface area (Å²) in [6, 6.07) is 8.27. The maximum absolute atomic E-state index is 12.7. The van der Waals surface area contributed by atoms with Crippen molar-refractivity contribution in [1.82, 2.24) is 4.31 Å². The van der Waals surface area contributed by atoms with Gasteiger partial charge in [0.15, 0.2) is 0 Å². The number of benzene rings is 1. The van der Waals surface area contributed by atoms with E-state index in [1.165, 1.54) is 28.8 Å². The van der Waals surface area contributed by atoms with E-state index in [2.05, 4.69) is 0 Å². The SMILES string of the molecule is CC(c1ccccc1Cl)N(C)S(=O)(=O)c1ccsc1CO. The average Bonchev–Trinajstić information content (AvgIpc) is 2.95. The van der Waals surface area contributed by atoms with Gasteiger partial charge in [0, 0.05) is 23.0 Å². The molecule has 0 spiro atoms. The first-order valence-corrected chi connectivity index (χ1v) is 8.99. The van der Waals surface area contributed by atoms with Crippen molar-refractivity contribution in [1.29, 1.82) is 0 Å². The van der Waals surface area contributed by atoms with Crippen LogP contribution >= 0.6 is 22.9 Å². The van der Waals surface area contributed by atoms with E-state index >= 15 is 0 Å². The number of aliphatic hydroxyl groups excluding tert-OH is 1. The number of halogens is 1. The topological polar surface area (TPSA) is 57.6 Å². The van der Waals surface area contributed by atoms with Crippen LogP contribution in [0.15, 0.2) is 40.6 Å². The number of rotatable bonds is 5. The summed E-state index contributed by atoms with van der Waals surface area (Å²) in [6.07, 6.45) is 0. The Kier molecular flexibility index (Phi) is 5.06. The van der Waals surface area contributed by atoms with Gasteiger partial charge in [-0.2, -0.15) is 4.31 Å². The Hall–Kier alpha value is -0.920. The van der Waals surface area contributed by atoms with Crippen molar-refractivity contribution >= 4 is 33.0 Å². The maximum Gasteiger partial charge on any atom is 0.244 e. The number of hydrogen-bond acceptors (Lipinski definition) is 4. The molecule has 1 heterocycles. The molecule has 21 heavy (non-hydrogen) atoms. The lowest BCUT2D eigenvalue weighted by Crippen LogP contribution is -2.30. The number of thiophene rings is 1. The van der Waals surface area contributed by atoms with Crippen molar-refractivity contribution < 1.29 is 13.5 Å². The summed E-state index contributed by atoms with van der Waals surface area (Å²) in [5, 5.41) is 11.4. The van der Waals surface area contributed by atoms with Gasteiger partial charge in [-0.3, -0.25) is 0 Å². The smallest absolute Gasteiger partial charge is 0.244 e. The minimum Gasteiger partial charge on any atom is -0.391 e. The highest BCUT2D eigenvalue weighted by Crippen LogP contribution is 2.32. The molecule has 0 aliphatic rings. The highest BCUT2D eigenvalue weighted by atomic mass is 35.5. The lowest BCUT2D eigenvalue weighted by atomic mass is 10.1. The van der Waals surface area contributed by atoms with Gasteiger partial charge in [0.1, 0.15) is 0 Å². The highest BCUT2D eigenvalue weighted by Gasteiger charge is 2.29. The summed E-state index contributed by atoms with van der Waals surface area (Å²) >= 11 is 7.36. The van der Waals surface area contributed by atoms with Crippen molar-refractivity contribution in [2.24, 2.45) is 0 Å². The Balaban J connectivity index is 2.39. The zero-order chi connectivity index (χ0) is 15.6. The lowest BCUT2D eigenvalue weighted by molar-refractivity contribution is 0.282. The van der Waals surface area contributed by atoms with E-state index in [0.717, 1.165) is 5.56 Å². The molecule has 0 amide bonds. The Morgan fingerprint density at radius 2 is 2.00 bits per heavy atom. The Bertz CT molecular complexity index is 727. The molecule has 2 rings (SSSR count). The summed E-state index contributed by atoms with van der Waals surface area (Å²) in [6.45, 7) is 1.49. The van der Waals surface area contributed by atoms with Crippen LogP contribution in [0, 0.1) is 0 Å². The first kappa shape index (κ1) is 16.5. The third-order valence-corrected chi connectivity index (χ3v) is 6.80. The van der Waals surface area contributed by atoms with Crippen LogP contribution < -0.4 is 0 Å². The van der Waals surface area contributed by atoms with Crippen molar-refractivity contribution in [3.63, 3.8) is 0 Å². The molecule has 0 fully saturated rings. The minimum atomic E-state index is -3.68. The largest absolute Gasteiger partial charge is 0.391 e. The van der Waals surface area contributed by atoms with Crippen LogP contribution in [-0.4, -0.2) is 24.9 Å². The van der Waals surface area contributed by atoms with Crippen LogP contribution in [0.25, 0.3) is 0 Å². The van der Waals surface area contributed by atoms with Gasteiger partial charge in [-0.1, -0.05) is 29.8 Å². The van der Waals surface area contributed by atoms with Gasteiger partial charge in [0.05, 0.1) is 11.5 Å². The van der Waals surface area contributed by atoms with Gasteiger partial charge in [0.25, 0.3) is 0 Å². The molecular formula is C14H16ClNO3S2. The van der Waals surface area contributed by atoms with E-state index < -0.39 is 16.1 Å². The molecule has 2 aromatic rings. The third-order valence-electron chi connectivity index (χ3n) is 3.41. The zero-order valence-electron chi connectivity index (χ0n) is 11.7. The fourth-order valence-electron chi connectivity index (χ4n) is 2.05. The maximum atomic E-state index is 12.7. The van der Waals surface area contributed by atoms with E-state index in [-0.39, 0.29) is 11.5 Å². The monoisotopic (exact) mass is 345 g/mol. The first-order valence-electron chi connectivity index (χ1n) is 6.29. The molecule has 0 saturated carbocycles. The quantitative estimate of drug-likeness (QED) is 0.904. The lowest BCUT2D eigenvalue weighted by Gasteiger charge is -2.25. The molecule has 0 saturated heterocycles. The predicted molar refractivity (Wildman–Crippen MR) is 85.1 cm³/mol. The second-order valence-electron chi connectivity index (χ2n) is 4.58. The molecule has 1 aromatic heterocycles. The second kappa shape index (κ2) is 6.46. The highest BCUT2D eigenvalue weighted by molar-refractivity contribution is 7.89.